The van der Waals surface area contributed by atoms with E-state index < -0.39 is 0 Å². The molecule has 1 aromatic rings. The number of nitriles is 1. The zero-order valence-electron chi connectivity index (χ0n) is 7.86. The Hall–Kier alpha value is -1.66. The van der Waals surface area contributed by atoms with Gasteiger partial charge >= 0.3 is 0 Å². The van der Waals surface area contributed by atoms with Crippen LogP contribution in [0.15, 0.2) is 30.3 Å². The summed E-state index contributed by atoms with van der Waals surface area (Å²) in [4.78, 5) is 11.0. The van der Waals surface area contributed by atoms with Crippen LogP contribution in [-0.2, 0) is 11.2 Å². The van der Waals surface area contributed by atoms with Crippen molar-refractivity contribution in [2.45, 2.75) is 19.3 Å². The molecule has 3 heteroatoms. The second-order valence-electron chi connectivity index (χ2n) is 2.86. The normalized spacial score (nSPS) is 8.50. The molecule has 0 fully saturated rings. The zero-order chi connectivity index (χ0) is 9.52. The molecular formula is C11H13NO2. The van der Waals surface area contributed by atoms with E-state index in [4.69, 9.17) is 5.26 Å². The van der Waals surface area contributed by atoms with Crippen molar-refractivity contribution in [2.24, 2.45) is 0 Å². The summed E-state index contributed by atoms with van der Waals surface area (Å²) in [6, 6.07) is 11.7. The first-order valence-electron chi connectivity index (χ1n) is 4.25. The molecular weight excluding hydrogens is 178 g/mol. The van der Waals surface area contributed by atoms with Gasteiger partial charge in [-0.2, -0.15) is 5.26 Å². The van der Waals surface area contributed by atoms with Crippen molar-refractivity contribution in [3.05, 3.63) is 35.9 Å². The van der Waals surface area contributed by atoms with Gasteiger partial charge in [-0.05, 0) is 12.0 Å². The minimum absolute atomic E-state index is 0. The topological polar surface area (TPSA) is 72.4 Å². The van der Waals surface area contributed by atoms with E-state index in [9.17, 15) is 4.79 Å². The minimum Gasteiger partial charge on any atom is -0.412 e. The molecule has 0 heterocycles. The Morgan fingerprint density at radius 3 is 2.50 bits per heavy atom. The number of carbonyl (C=O) groups excluding carboxylic acids is 1. The maximum absolute atomic E-state index is 11.0. The first-order valence-corrected chi connectivity index (χ1v) is 4.25. The molecule has 1 aromatic carbocycles. The molecule has 1 rings (SSSR count). The van der Waals surface area contributed by atoms with Gasteiger partial charge in [0.2, 0.25) is 0 Å². The van der Waals surface area contributed by atoms with Crippen molar-refractivity contribution in [1.82, 2.24) is 0 Å². The Kier molecular flexibility index (Phi) is 6.01. The van der Waals surface area contributed by atoms with Crippen LogP contribution >= 0.6 is 0 Å². The van der Waals surface area contributed by atoms with Crippen molar-refractivity contribution >= 4 is 5.78 Å². The van der Waals surface area contributed by atoms with E-state index in [0.29, 0.717) is 6.42 Å². The number of rotatable bonds is 4. The van der Waals surface area contributed by atoms with Crippen molar-refractivity contribution < 1.29 is 10.3 Å². The minimum atomic E-state index is 0. The summed E-state index contributed by atoms with van der Waals surface area (Å²) in [6.45, 7) is 0. The number of aryl methyl sites for hydroxylation is 1. The number of nitrogens with zero attached hydrogens (tertiary/aromatic N) is 1. The van der Waals surface area contributed by atoms with Gasteiger partial charge in [-0.1, -0.05) is 30.3 Å². The van der Waals surface area contributed by atoms with Crippen LogP contribution < -0.4 is 0 Å². The Morgan fingerprint density at radius 1 is 1.29 bits per heavy atom. The lowest BCUT2D eigenvalue weighted by Gasteiger charge is -1.97. The van der Waals surface area contributed by atoms with E-state index in [1.807, 2.05) is 36.4 Å². The van der Waals surface area contributed by atoms with Crippen LogP contribution in [0.3, 0.4) is 0 Å². The molecule has 0 spiro atoms. The highest BCUT2D eigenvalue weighted by molar-refractivity contribution is 5.80. The average Bonchev–Trinajstić information content (AvgIpc) is 2.17. The summed E-state index contributed by atoms with van der Waals surface area (Å²) >= 11 is 0. The van der Waals surface area contributed by atoms with Crippen molar-refractivity contribution in [1.29, 1.82) is 5.26 Å². The monoisotopic (exact) mass is 191 g/mol. The van der Waals surface area contributed by atoms with Gasteiger partial charge in [0, 0.05) is 6.42 Å². The van der Waals surface area contributed by atoms with Crippen LogP contribution in [0.5, 0.6) is 0 Å². The Balaban J connectivity index is 0.00000169. The largest absolute Gasteiger partial charge is 0.412 e. The summed E-state index contributed by atoms with van der Waals surface area (Å²) < 4.78 is 0. The fourth-order valence-corrected chi connectivity index (χ4v) is 1.10. The molecule has 2 N–H and O–H groups in total. The van der Waals surface area contributed by atoms with Crippen LogP contribution in [0.1, 0.15) is 18.4 Å². The maximum Gasteiger partial charge on any atom is 0.147 e. The highest BCUT2D eigenvalue weighted by Gasteiger charge is 2.00. The molecule has 0 saturated carbocycles. The lowest BCUT2D eigenvalue weighted by Crippen LogP contribution is -1.98. The van der Waals surface area contributed by atoms with Gasteiger partial charge in [-0.25, -0.2) is 0 Å². The molecule has 74 valence electrons. The zero-order valence-corrected chi connectivity index (χ0v) is 7.86. The van der Waals surface area contributed by atoms with Gasteiger partial charge in [0.05, 0.1) is 12.5 Å². The van der Waals surface area contributed by atoms with Crippen LogP contribution in [0.25, 0.3) is 0 Å². The molecule has 3 nitrogen and oxygen atoms in total. The molecule has 14 heavy (non-hydrogen) atoms. The smallest absolute Gasteiger partial charge is 0.147 e. The first-order chi connectivity index (χ1) is 6.33. The highest BCUT2D eigenvalue weighted by atomic mass is 16.1. The van der Waals surface area contributed by atoms with Gasteiger partial charge in [-0.15, -0.1) is 0 Å². The van der Waals surface area contributed by atoms with Gasteiger partial charge < -0.3 is 5.48 Å². The number of ketones is 1. The molecule has 0 saturated heterocycles. The second-order valence-corrected chi connectivity index (χ2v) is 2.86. The molecule has 0 aromatic heterocycles. The average molecular weight is 191 g/mol. The predicted octanol–water partition coefficient (Wildman–Crippen LogP) is 1.28. The van der Waals surface area contributed by atoms with E-state index in [1.54, 1.807) is 0 Å². The molecule has 0 aliphatic heterocycles. The Bertz CT molecular complexity index is 314. The fraction of sp³-hybridized carbons (Fsp3) is 0.273. The first kappa shape index (κ1) is 12.3. The van der Waals surface area contributed by atoms with E-state index >= 15 is 0 Å². The highest BCUT2D eigenvalue weighted by Crippen LogP contribution is 2.03. The molecule has 0 bridgehead atoms. The summed E-state index contributed by atoms with van der Waals surface area (Å²) in [5.41, 5.74) is 1.15. The van der Waals surface area contributed by atoms with Gasteiger partial charge in [0.15, 0.2) is 0 Å². The van der Waals surface area contributed by atoms with Crippen LogP contribution in [0.4, 0.5) is 0 Å². The summed E-state index contributed by atoms with van der Waals surface area (Å²) in [5.74, 6) is 0.0198. The predicted molar refractivity (Wildman–Crippen MR) is 53.6 cm³/mol. The molecule has 0 aliphatic rings. The standard InChI is InChI=1S/C11H11NO.H2O/c12-9-8-11(13)7-6-10-4-2-1-3-5-10;/h1-5H,6-8H2;1H2. The third-order valence-electron chi connectivity index (χ3n) is 1.81. The molecule has 0 radical (unpaired) electrons. The lowest BCUT2D eigenvalue weighted by molar-refractivity contribution is -0.118. The maximum atomic E-state index is 11.0. The number of Topliss-reactive ketones (excluding diaryl/α,β-unsaturated/α-hetero) is 1. The van der Waals surface area contributed by atoms with E-state index in [0.717, 1.165) is 12.0 Å². The molecule has 0 unspecified atom stereocenters. The van der Waals surface area contributed by atoms with E-state index in [1.165, 1.54) is 0 Å². The number of benzene rings is 1. The van der Waals surface area contributed by atoms with Gasteiger partial charge in [0.25, 0.3) is 0 Å². The molecule has 0 atom stereocenters. The van der Waals surface area contributed by atoms with Crippen molar-refractivity contribution in [3.63, 3.8) is 0 Å². The van der Waals surface area contributed by atoms with Crippen LogP contribution in [-0.4, -0.2) is 11.3 Å². The lowest BCUT2D eigenvalue weighted by atomic mass is 10.1. The van der Waals surface area contributed by atoms with Gasteiger partial charge in [0.1, 0.15) is 5.78 Å². The summed E-state index contributed by atoms with van der Waals surface area (Å²) in [6.07, 6.45) is 1.24. The van der Waals surface area contributed by atoms with Crippen LogP contribution in [0, 0.1) is 11.3 Å². The second kappa shape index (κ2) is 6.81. The SMILES string of the molecule is N#CCC(=O)CCc1ccccc1.O. The summed E-state index contributed by atoms with van der Waals surface area (Å²) in [7, 11) is 0. The fourth-order valence-electron chi connectivity index (χ4n) is 1.10. The van der Waals surface area contributed by atoms with E-state index in [2.05, 4.69) is 0 Å². The number of carbonyl (C=O) groups is 1. The van der Waals surface area contributed by atoms with Crippen LogP contribution in [0.2, 0.25) is 0 Å². The van der Waals surface area contributed by atoms with Gasteiger partial charge in [-0.3, -0.25) is 4.79 Å². The Morgan fingerprint density at radius 2 is 1.93 bits per heavy atom. The van der Waals surface area contributed by atoms with Crippen molar-refractivity contribution in [3.8, 4) is 6.07 Å². The third-order valence-corrected chi connectivity index (χ3v) is 1.81. The third kappa shape index (κ3) is 4.39. The summed E-state index contributed by atoms with van der Waals surface area (Å²) in [5, 5.41) is 8.26. The van der Waals surface area contributed by atoms with E-state index in [-0.39, 0.29) is 17.7 Å². The molecule has 0 amide bonds. The van der Waals surface area contributed by atoms with Crippen molar-refractivity contribution in [2.75, 3.05) is 0 Å². The number of hydrogen-bond donors (Lipinski definition) is 0. The quantitative estimate of drug-likeness (QED) is 0.719. The Labute approximate surface area is 83.3 Å². The molecule has 0 aliphatic carbocycles. The number of hydrogen-bond acceptors (Lipinski definition) is 2.